The van der Waals surface area contributed by atoms with Crippen molar-refractivity contribution in [3.05, 3.63) is 51.7 Å². The van der Waals surface area contributed by atoms with E-state index in [4.69, 9.17) is 0 Å². The van der Waals surface area contributed by atoms with E-state index < -0.39 is 0 Å². The third-order valence-electron chi connectivity index (χ3n) is 3.22. The zero-order valence-corrected chi connectivity index (χ0v) is 13.2. The van der Waals surface area contributed by atoms with Crippen LogP contribution in [0.4, 0.5) is 5.69 Å². The molecule has 0 fully saturated rings. The smallest absolute Gasteiger partial charge is 0.149 e. The highest BCUT2D eigenvalue weighted by Gasteiger charge is 2.20. The number of hydrogen-bond acceptors (Lipinski definition) is 3. The Kier molecular flexibility index (Phi) is 4.15. The number of rotatable bonds is 3. The molecule has 3 heteroatoms. The average molecular weight is 284 g/mol. The summed E-state index contributed by atoms with van der Waals surface area (Å²) in [6, 6.07) is 14.3. The first-order chi connectivity index (χ1) is 9.41. The molecule has 0 amide bonds. The van der Waals surface area contributed by atoms with E-state index in [1.54, 1.807) is 11.3 Å². The number of nitrogens with zero attached hydrogens (tertiary/aromatic N) is 1. The standard InChI is InChI=1S/C17H20N2S/c1-12-7-5-6-8-13(12)19-14(11-18)15-9-10-16(20-15)17(2,3)4/h5-10,14,19H,1-4H3. The molecule has 0 saturated carbocycles. The van der Waals surface area contributed by atoms with E-state index >= 15 is 0 Å². The minimum absolute atomic E-state index is 0.131. The maximum Gasteiger partial charge on any atom is 0.149 e. The van der Waals surface area contributed by atoms with Gasteiger partial charge in [-0.25, -0.2) is 0 Å². The second-order valence-corrected chi connectivity index (χ2v) is 7.09. The molecule has 104 valence electrons. The minimum atomic E-state index is -0.294. The van der Waals surface area contributed by atoms with E-state index in [0.29, 0.717) is 0 Å². The number of thiophene rings is 1. The van der Waals surface area contributed by atoms with E-state index in [9.17, 15) is 5.26 Å². The van der Waals surface area contributed by atoms with Crippen molar-refractivity contribution in [2.75, 3.05) is 5.32 Å². The Morgan fingerprint density at radius 3 is 2.40 bits per heavy atom. The molecular weight excluding hydrogens is 264 g/mol. The minimum Gasteiger partial charge on any atom is -0.365 e. The second-order valence-electron chi connectivity index (χ2n) is 5.97. The van der Waals surface area contributed by atoms with Crippen molar-refractivity contribution in [2.45, 2.75) is 39.2 Å². The van der Waals surface area contributed by atoms with Gasteiger partial charge >= 0.3 is 0 Å². The van der Waals surface area contributed by atoms with Crippen LogP contribution >= 0.6 is 11.3 Å². The third-order valence-corrected chi connectivity index (χ3v) is 4.80. The van der Waals surface area contributed by atoms with E-state index in [0.717, 1.165) is 16.1 Å². The molecule has 1 N–H and O–H groups in total. The number of anilines is 1. The Balaban J connectivity index is 2.24. The number of hydrogen-bond donors (Lipinski definition) is 1. The largest absolute Gasteiger partial charge is 0.365 e. The Morgan fingerprint density at radius 2 is 1.85 bits per heavy atom. The van der Waals surface area contributed by atoms with E-state index in [2.05, 4.69) is 44.3 Å². The lowest BCUT2D eigenvalue weighted by atomic mass is 9.95. The van der Waals surface area contributed by atoms with Crippen LogP contribution < -0.4 is 5.32 Å². The molecule has 1 aromatic heterocycles. The Morgan fingerprint density at radius 1 is 1.15 bits per heavy atom. The van der Waals surface area contributed by atoms with Crippen LogP contribution in [0.25, 0.3) is 0 Å². The predicted octanol–water partition coefficient (Wildman–Crippen LogP) is 5.03. The number of para-hydroxylation sites is 1. The summed E-state index contributed by atoms with van der Waals surface area (Å²) in [6.45, 7) is 8.63. The predicted molar refractivity (Wildman–Crippen MR) is 86.2 cm³/mol. The van der Waals surface area contributed by atoms with Crippen molar-refractivity contribution in [3.8, 4) is 6.07 Å². The molecule has 0 aliphatic heterocycles. The average Bonchev–Trinajstić information content (AvgIpc) is 2.87. The highest BCUT2D eigenvalue weighted by atomic mass is 32.1. The quantitative estimate of drug-likeness (QED) is 0.858. The van der Waals surface area contributed by atoms with Gasteiger partial charge in [0.2, 0.25) is 0 Å². The van der Waals surface area contributed by atoms with Crippen molar-refractivity contribution in [2.24, 2.45) is 0 Å². The van der Waals surface area contributed by atoms with Gasteiger partial charge in [-0.05, 0) is 36.1 Å². The Labute approximate surface area is 125 Å². The van der Waals surface area contributed by atoms with Crippen LogP contribution in [-0.4, -0.2) is 0 Å². The van der Waals surface area contributed by atoms with Crippen molar-refractivity contribution in [3.63, 3.8) is 0 Å². The first kappa shape index (κ1) is 14.6. The topological polar surface area (TPSA) is 35.8 Å². The maximum absolute atomic E-state index is 9.44. The highest BCUT2D eigenvalue weighted by molar-refractivity contribution is 7.12. The molecule has 2 nitrogen and oxygen atoms in total. The lowest BCUT2D eigenvalue weighted by Gasteiger charge is -2.16. The van der Waals surface area contributed by atoms with Gasteiger partial charge in [0.05, 0.1) is 6.07 Å². The fourth-order valence-corrected chi connectivity index (χ4v) is 3.03. The summed E-state index contributed by atoms with van der Waals surface area (Å²) >= 11 is 1.71. The third kappa shape index (κ3) is 3.20. The summed E-state index contributed by atoms with van der Waals surface area (Å²) < 4.78 is 0. The molecule has 20 heavy (non-hydrogen) atoms. The van der Waals surface area contributed by atoms with Crippen molar-refractivity contribution in [1.82, 2.24) is 0 Å². The molecule has 0 saturated heterocycles. The van der Waals surface area contributed by atoms with E-state index in [1.807, 2.05) is 31.2 Å². The van der Waals surface area contributed by atoms with Crippen LogP contribution in [0.2, 0.25) is 0 Å². The van der Waals surface area contributed by atoms with Crippen LogP contribution in [0.15, 0.2) is 36.4 Å². The van der Waals surface area contributed by atoms with E-state index in [-0.39, 0.29) is 11.5 Å². The van der Waals surface area contributed by atoms with Gasteiger partial charge in [-0.1, -0.05) is 39.0 Å². The van der Waals surface area contributed by atoms with Gasteiger partial charge in [-0.2, -0.15) is 5.26 Å². The van der Waals surface area contributed by atoms with Crippen LogP contribution in [0.1, 0.15) is 42.1 Å². The number of aryl methyl sites for hydroxylation is 1. The van der Waals surface area contributed by atoms with Crippen molar-refractivity contribution in [1.29, 1.82) is 5.26 Å². The Bertz CT molecular complexity index is 629. The molecule has 2 aromatic rings. The fourth-order valence-electron chi connectivity index (χ4n) is 1.97. The zero-order valence-electron chi connectivity index (χ0n) is 12.4. The van der Waals surface area contributed by atoms with Gasteiger partial charge in [0.25, 0.3) is 0 Å². The molecule has 0 spiro atoms. The van der Waals surface area contributed by atoms with Gasteiger partial charge in [0.1, 0.15) is 6.04 Å². The normalized spacial score (nSPS) is 12.8. The molecule has 1 aromatic carbocycles. The maximum atomic E-state index is 9.44. The molecular formula is C17H20N2S. The van der Waals surface area contributed by atoms with Gasteiger partial charge in [0, 0.05) is 15.4 Å². The molecule has 1 unspecified atom stereocenters. The number of nitrogens with one attached hydrogen (secondary N) is 1. The molecule has 1 heterocycles. The number of benzene rings is 1. The summed E-state index contributed by atoms with van der Waals surface area (Å²) in [5.74, 6) is 0. The number of nitriles is 1. The van der Waals surface area contributed by atoms with Gasteiger partial charge < -0.3 is 5.32 Å². The summed E-state index contributed by atoms with van der Waals surface area (Å²) in [5.41, 5.74) is 2.30. The fraction of sp³-hybridized carbons (Fsp3) is 0.353. The van der Waals surface area contributed by atoms with Crippen LogP contribution in [0.5, 0.6) is 0 Å². The second kappa shape index (κ2) is 5.68. The monoisotopic (exact) mass is 284 g/mol. The summed E-state index contributed by atoms with van der Waals surface area (Å²) in [7, 11) is 0. The lowest BCUT2D eigenvalue weighted by Crippen LogP contribution is -2.09. The van der Waals surface area contributed by atoms with Crippen LogP contribution in [0.3, 0.4) is 0 Å². The summed E-state index contributed by atoms with van der Waals surface area (Å²) in [4.78, 5) is 2.38. The lowest BCUT2D eigenvalue weighted by molar-refractivity contribution is 0.604. The van der Waals surface area contributed by atoms with Gasteiger partial charge in [0.15, 0.2) is 0 Å². The van der Waals surface area contributed by atoms with Crippen molar-refractivity contribution < 1.29 is 0 Å². The SMILES string of the molecule is Cc1ccccc1NC(C#N)c1ccc(C(C)(C)C)s1. The highest BCUT2D eigenvalue weighted by Crippen LogP contribution is 2.33. The van der Waals surface area contributed by atoms with Crippen LogP contribution in [0, 0.1) is 18.3 Å². The molecule has 0 bridgehead atoms. The molecule has 1 atom stereocenters. The first-order valence-corrected chi connectivity index (χ1v) is 7.55. The summed E-state index contributed by atoms with van der Waals surface area (Å²) in [6.07, 6.45) is 0. The molecule has 0 aliphatic carbocycles. The molecule has 0 radical (unpaired) electrons. The summed E-state index contributed by atoms with van der Waals surface area (Å²) in [5, 5.41) is 12.8. The van der Waals surface area contributed by atoms with Gasteiger partial charge in [-0.15, -0.1) is 11.3 Å². The Hall–Kier alpha value is -1.79. The van der Waals surface area contributed by atoms with Crippen molar-refractivity contribution >= 4 is 17.0 Å². The van der Waals surface area contributed by atoms with Gasteiger partial charge in [-0.3, -0.25) is 0 Å². The molecule has 0 aliphatic rings. The van der Waals surface area contributed by atoms with E-state index in [1.165, 1.54) is 4.88 Å². The first-order valence-electron chi connectivity index (χ1n) is 6.74. The molecule has 2 rings (SSSR count). The zero-order chi connectivity index (χ0) is 14.8. The van der Waals surface area contributed by atoms with Crippen LogP contribution in [-0.2, 0) is 5.41 Å².